The zero-order chi connectivity index (χ0) is 16.2. The first-order chi connectivity index (χ1) is 11.2. The van der Waals surface area contributed by atoms with Gasteiger partial charge in [0.05, 0.1) is 12.6 Å². The van der Waals surface area contributed by atoms with Crippen LogP contribution in [0.4, 0.5) is 0 Å². The number of H-pyrrole nitrogens is 1. The quantitative estimate of drug-likeness (QED) is 0.770. The van der Waals surface area contributed by atoms with E-state index in [4.69, 9.17) is 4.74 Å². The van der Waals surface area contributed by atoms with Crippen molar-refractivity contribution in [2.24, 2.45) is 0 Å². The number of fused-ring (bicyclic) bond motifs is 1. The van der Waals surface area contributed by atoms with Crippen LogP contribution >= 0.6 is 0 Å². The molecular formula is C17H15N3O3. The third kappa shape index (κ3) is 3.06. The summed E-state index contributed by atoms with van der Waals surface area (Å²) < 4.78 is 5.25. The Labute approximate surface area is 132 Å². The summed E-state index contributed by atoms with van der Waals surface area (Å²) in [6.07, 6.45) is 0. The number of carbonyl (C=O) groups excluding carboxylic acids is 1. The number of ether oxygens (including phenoxy) is 1. The van der Waals surface area contributed by atoms with Gasteiger partial charge in [-0.05, 0) is 12.1 Å². The molecule has 1 aromatic heterocycles. The van der Waals surface area contributed by atoms with Crippen molar-refractivity contribution in [1.82, 2.24) is 15.3 Å². The summed E-state index contributed by atoms with van der Waals surface area (Å²) in [4.78, 5) is 30.4. The second-order valence-corrected chi connectivity index (χ2v) is 4.93. The van der Waals surface area contributed by atoms with Crippen LogP contribution in [0.25, 0.3) is 10.9 Å². The van der Waals surface area contributed by atoms with Crippen LogP contribution in [0.5, 0.6) is 5.75 Å². The number of amides is 1. The normalized spacial score (nSPS) is 10.5. The molecule has 3 rings (SSSR count). The lowest BCUT2D eigenvalue weighted by Crippen LogP contribution is -2.27. The summed E-state index contributed by atoms with van der Waals surface area (Å²) >= 11 is 0. The van der Waals surface area contributed by atoms with E-state index in [2.05, 4.69) is 15.3 Å². The summed E-state index contributed by atoms with van der Waals surface area (Å²) in [6.45, 7) is 0.283. The van der Waals surface area contributed by atoms with Gasteiger partial charge in [-0.3, -0.25) is 4.79 Å². The molecular weight excluding hydrogens is 294 g/mol. The molecule has 0 radical (unpaired) electrons. The van der Waals surface area contributed by atoms with Crippen LogP contribution in [-0.4, -0.2) is 23.0 Å². The molecule has 1 heterocycles. The zero-order valence-corrected chi connectivity index (χ0v) is 12.5. The number of aromatic nitrogens is 2. The van der Waals surface area contributed by atoms with E-state index >= 15 is 0 Å². The first kappa shape index (κ1) is 14.8. The smallest absolute Gasteiger partial charge is 0.346 e. The predicted octanol–water partition coefficient (Wildman–Crippen LogP) is 1.86. The minimum Gasteiger partial charge on any atom is -0.496 e. The summed E-state index contributed by atoms with van der Waals surface area (Å²) in [6, 6.07) is 14.5. The molecule has 116 valence electrons. The van der Waals surface area contributed by atoms with Crippen LogP contribution in [0.2, 0.25) is 0 Å². The maximum Gasteiger partial charge on any atom is 0.346 e. The van der Waals surface area contributed by atoms with Crippen molar-refractivity contribution < 1.29 is 9.53 Å². The van der Waals surface area contributed by atoms with Crippen molar-refractivity contribution in [1.29, 1.82) is 0 Å². The Hall–Kier alpha value is -3.15. The summed E-state index contributed by atoms with van der Waals surface area (Å²) in [7, 11) is 1.58. The maximum atomic E-state index is 12.4. The number of para-hydroxylation sites is 2. The van der Waals surface area contributed by atoms with E-state index < -0.39 is 11.6 Å². The van der Waals surface area contributed by atoms with Gasteiger partial charge in [0, 0.05) is 17.5 Å². The number of benzene rings is 2. The zero-order valence-electron chi connectivity index (χ0n) is 12.5. The second-order valence-electron chi connectivity index (χ2n) is 4.93. The molecule has 0 saturated carbocycles. The molecule has 2 aromatic carbocycles. The second kappa shape index (κ2) is 6.31. The number of hydrogen-bond donors (Lipinski definition) is 2. The fraction of sp³-hybridized carbons (Fsp3) is 0.118. The van der Waals surface area contributed by atoms with Crippen molar-refractivity contribution in [3.05, 3.63) is 70.3 Å². The molecule has 0 unspecified atom stereocenters. The molecule has 0 atom stereocenters. The molecule has 0 aliphatic rings. The van der Waals surface area contributed by atoms with Crippen LogP contribution in [0.1, 0.15) is 16.1 Å². The summed E-state index contributed by atoms with van der Waals surface area (Å²) in [5, 5.41) is 3.38. The standard InChI is InChI=1S/C17H15N3O3/c1-23-14-9-5-2-6-11(14)10-18-16(21)15-12-7-3-4-8-13(12)19-17(22)20-15/h2-9H,10H2,1H3,(H,18,21)(H,19,20,22). The fourth-order valence-electron chi connectivity index (χ4n) is 2.38. The van der Waals surface area contributed by atoms with E-state index in [1.165, 1.54) is 0 Å². The van der Waals surface area contributed by atoms with E-state index in [0.29, 0.717) is 16.7 Å². The molecule has 0 fully saturated rings. The Balaban J connectivity index is 1.88. The predicted molar refractivity (Wildman–Crippen MR) is 86.5 cm³/mol. The highest BCUT2D eigenvalue weighted by Crippen LogP contribution is 2.17. The summed E-state index contributed by atoms with van der Waals surface area (Å²) in [5.41, 5.74) is 0.984. The van der Waals surface area contributed by atoms with E-state index in [9.17, 15) is 9.59 Å². The average molecular weight is 309 g/mol. The number of aromatic amines is 1. The number of nitrogens with zero attached hydrogens (tertiary/aromatic N) is 1. The van der Waals surface area contributed by atoms with Crippen LogP contribution in [0.3, 0.4) is 0 Å². The van der Waals surface area contributed by atoms with E-state index in [1.54, 1.807) is 31.4 Å². The van der Waals surface area contributed by atoms with E-state index in [0.717, 1.165) is 5.56 Å². The molecule has 0 aliphatic carbocycles. The highest BCUT2D eigenvalue weighted by molar-refractivity contribution is 6.04. The molecule has 0 aliphatic heterocycles. The highest BCUT2D eigenvalue weighted by Gasteiger charge is 2.13. The lowest BCUT2D eigenvalue weighted by atomic mass is 10.1. The first-order valence-electron chi connectivity index (χ1n) is 7.08. The molecule has 23 heavy (non-hydrogen) atoms. The Morgan fingerprint density at radius 3 is 2.74 bits per heavy atom. The van der Waals surface area contributed by atoms with Crippen LogP contribution < -0.4 is 15.7 Å². The van der Waals surface area contributed by atoms with Gasteiger partial charge in [0.15, 0.2) is 0 Å². The highest BCUT2D eigenvalue weighted by atomic mass is 16.5. The van der Waals surface area contributed by atoms with Crippen molar-refractivity contribution in [3.63, 3.8) is 0 Å². The minimum atomic E-state index is -0.550. The lowest BCUT2D eigenvalue weighted by Gasteiger charge is -2.10. The fourth-order valence-corrected chi connectivity index (χ4v) is 2.38. The van der Waals surface area contributed by atoms with E-state index in [1.807, 2.05) is 24.3 Å². The van der Waals surface area contributed by atoms with Gasteiger partial charge in [0.2, 0.25) is 0 Å². The number of carbonyl (C=O) groups is 1. The van der Waals surface area contributed by atoms with Crippen molar-refractivity contribution in [3.8, 4) is 5.75 Å². The van der Waals surface area contributed by atoms with Gasteiger partial charge in [-0.25, -0.2) is 4.79 Å². The largest absolute Gasteiger partial charge is 0.496 e. The molecule has 2 N–H and O–H groups in total. The third-order valence-corrected chi connectivity index (χ3v) is 3.48. The number of rotatable bonds is 4. The van der Waals surface area contributed by atoms with Gasteiger partial charge in [-0.15, -0.1) is 0 Å². The Kier molecular flexibility index (Phi) is 4.05. The molecule has 6 nitrogen and oxygen atoms in total. The number of hydrogen-bond acceptors (Lipinski definition) is 4. The molecule has 0 spiro atoms. The van der Waals surface area contributed by atoms with Gasteiger partial charge >= 0.3 is 5.69 Å². The lowest BCUT2D eigenvalue weighted by molar-refractivity contribution is 0.0947. The molecule has 0 saturated heterocycles. The molecule has 1 amide bonds. The Bertz CT molecular complexity index is 918. The van der Waals surface area contributed by atoms with Gasteiger partial charge in [0.25, 0.3) is 5.91 Å². The SMILES string of the molecule is COc1ccccc1CNC(=O)c1nc(=O)[nH]c2ccccc12. The number of nitrogens with one attached hydrogen (secondary N) is 2. The summed E-state index contributed by atoms with van der Waals surface area (Å²) in [5.74, 6) is 0.287. The number of methoxy groups -OCH3 is 1. The van der Waals surface area contributed by atoms with Gasteiger partial charge in [-0.1, -0.05) is 36.4 Å². The molecule has 0 bridgehead atoms. The van der Waals surface area contributed by atoms with Crippen molar-refractivity contribution >= 4 is 16.8 Å². The average Bonchev–Trinajstić information content (AvgIpc) is 2.59. The molecule has 3 aromatic rings. The van der Waals surface area contributed by atoms with Crippen LogP contribution in [-0.2, 0) is 6.54 Å². The Morgan fingerprint density at radius 1 is 1.17 bits per heavy atom. The van der Waals surface area contributed by atoms with Gasteiger partial charge in [0.1, 0.15) is 11.4 Å². The third-order valence-electron chi connectivity index (χ3n) is 3.48. The monoisotopic (exact) mass is 309 g/mol. The van der Waals surface area contributed by atoms with Crippen LogP contribution in [0.15, 0.2) is 53.3 Å². The van der Waals surface area contributed by atoms with E-state index in [-0.39, 0.29) is 12.2 Å². The van der Waals surface area contributed by atoms with Crippen molar-refractivity contribution in [2.45, 2.75) is 6.54 Å². The Morgan fingerprint density at radius 2 is 1.91 bits per heavy atom. The first-order valence-corrected chi connectivity index (χ1v) is 7.08. The minimum absolute atomic E-state index is 0.110. The van der Waals surface area contributed by atoms with Gasteiger partial charge in [-0.2, -0.15) is 4.98 Å². The topological polar surface area (TPSA) is 84.1 Å². The molecule has 6 heteroatoms. The van der Waals surface area contributed by atoms with Crippen LogP contribution in [0, 0.1) is 0 Å². The van der Waals surface area contributed by atoms with Gasteiger partial charge < -0.3 is 15.0 Å². The maximum absolute atomic E-state index is 12.4. The van der Waals surface area contributed by atoms with Crippen molar-refractivity contribution in [2.75, 3.05) is 7.11 Å².